The van der Waals surface area contributed by atoms with Crippen molar-refractivity contribution in [1.29, 1.82) is 0 Å². The summed E-state index contributed by atoms with van der Waals surface area (Å²) >= 11 is 0. The fraction of sp³-hybridized carbons (Fsp3) is 0.300. The van der Waals surface area contributed by atoms with Gasteiger partial charge in [0.05, 0.1) is 13.2 Å². The van der Waals surface area contributed by atoms with Gasteiger partial charge in [-0.25, -0.2) is 4.48 Å². The lowest BCUT2D eigenvalue weighted by Crippen LogP contribution is -2.49. The van der Waals surface area contributed by atoms with Crippen LogP contribution in [0.3, 0.4) is 0 Å². The maximum absolute atomic E-state index is 6.32. The predicted octanol–water partition coefficient (Wildman–Crippen LogP) is 4.85. The smallest absolute Gasteiger partial charge is 0.196 e. The summed E-state index contributed by atoms with van der Waals surface area (Å²) in [5.74, 6) is 0. The van der Waals surface area contributed by atoms with Crippen LogP contribution in [0.5, 0.6) is 0 Å². The average Bonchev–Trinajstić information content (AvgIpc) is 3.07. The minimum absolute atomic E-state index is 0.346. The van der Waals surface area contributed by atoms with E-state index in [1.54, 1.807) is 0 Å². The van der Waals surface area contributed by atoms with Crippen LogP contribution in [-0.4, -0.2) is 25.2 Å². The highest BCUT2D eigenvalue weighted by molar-refractivity contribution is 6.09. The number of benzene rings is 2. The standard InChI is InChI=1S/C20H23N2O/c1-5-15-10-11-17-16-8-6-7-9-18(16)23-20(17)19(15)22(4)13-12-21(3)14(22)2/h6-14H,5H2,1-4H3/q+1. The summed E-state index contributed by atoms with van der Waals surface area (Å²) in [6.45, 7) is 4.48. The van der Waals surface area contributed by atoms with Crippen LogP contribution < -0.4 is 4.48 Å². The first-order chi connectivity index (χ1) is 11.1. The van der Waals surface area contributed by atoms with Crippen LogP contribution in [0.1, 0.15) is 19.4 Å². The van der Waals surface area contributed by atoms with Crippen molar-refractivity contribution in [3.05, 3.63) is 54.4 Å². The zero-order valence-corrected chi connectivity index (χ0v) is 14.2. The number of hydrogen-bond donors (Lipinski definition) is 0. The van der Waals surface area contributed by atoms with Crippen LogP contribution in [0.2, 0.25) is 0 Å². The molecule has 23 heavy (non-hydrogen) atoms. The van der Waals surface area contributed by atoms with Crippen molar-refractivity contribution in [2.24, 2.45) is 0 Å². The van der Waals surface area contributed by atoms with Crippen LogP contribution >= 0.6 is 0 Å². The quantitative estimate of drug-likeness (QED) is 0.629. The van der Waals surface area contributed by atoms with Gasteiger partial charge in [-0.05, 0) is 18.6 Å². The minimum Gasteiger partial charge on any atom is -0.450 e. The van der Waals surface area contributed by atoms with Gasteiger partial charge >= 0.3 is 0 Å². The summed E-state index contributed by atoms with van der Waals surface area (Å²) in [7, 11) is 4.40. The van der Waals surface area contributed by atoms with Crippen molar-refractivity contribution in [1.82, 2.24) is 9.38 Å². The summed E-state index contributed by atoms with van der Waals surface area (Å²) < 4.78 is 7.07. The lowest BCUT2D eigenvalue weighted by Gasteiger charge is -2.35. The third-order valence-corrected chi connectivity index (χ3v) is 5.44. The summed E-state index contributed by atoms with van der Waals surface area (Å²) in [5, 5.41) is 2.41. The lowest BCUT2D eigenvalue weighted by molar-refractivity contribution is 0.225. The largest absolute Gasteiger partial charge is 0.450 e. The normalized spacial score (nSPS) is 24.2. The first-order valence-corrected chi connectivity index (χ1v) is 8.27. The molecular formula is C20H23N2O+. The van der Waals surface area contributed by atoms with Crippen molar-refractivity contribution < 1.29 is 4.42 Å². The lowest BCUT2D eigenvalue weighted by atomic mass is 10.0. The van der Waals surface area contributed by atoms with Gasteiger partial charge in [0.15, 0.2) is 17.4 Å². The molecular weight excluding hydrogens is 284 g/mol. The molecule has 2 atom stereocenters. The molecule has 0 fully saturated rings. The Bertz CT molecular complexity index is 924. The van der Waals surface area contributed by atoms with E-state index >= 15 is 0 Å². The molecule has 0 amide bonds. The van der Waals surface area contributed by atoms with Crippen LogP contribution in [0, 0.1) is 0 Å². The second-order valence-electron chi connectivity index (χ2n) is 6.64. The van der Waals surface area contributed by atoms with E-state index in [0.717, 1.165) is 22.1 Å². The van der Waals surface area contributed by atoms with Gasteiger partial charge in [-0.3, -0.25) is 0 Å². The average molecular weight is 307 g/mol. The summed E-state index contributed by atoms with van der Waals surface area (Å²) in [5.41, 5.74) is 4.63. The highest BCUT2D eigenvalue weighted by Crippen LogP contribution is 2.43. The highest BCUT2D eigenvalue weighted by Gasteiger charge is 2.40. The monoisotopic (exact) mass is 307 g/mol. The fourth-order valence-electron chi connectivity index (χ4n) is 3.76. The molecule has 0 spiro atoms. The molecule has 0 radical (unpaired) electrons. The number of nitrogens with zero attached hydrogens (tertiary/aromatic N) is 2. The molecule has 0 bridgehead atoms. The van der Waals surface area contributed by atoms with Gasteiger partial charge in [-0.1, -0.05) is 31.2 Å². The van der Waals surface area contributed by atoms with Gasteiger partial charge in [0.2, 0.25) is 0 Å². The van der Waals surface area contributed by atoms with Gasteiger partial charge in [0.25, 0.3) is 0 Å². The van der Waals surface area contributed by atoms with E-state index < -0.39 is 0 Å². The number of para-hydroxylation sites is 1. The van der Waals surface area contributed by atoms with Crippen molar-refractivity contribution in [2.75, 3.05) is 14.1 Å². The van der Waals surface area contributed by atoms with Crippen LogP contribution in [0.25, 0.3) is 21.9 Å². The molecule has 0 N–H and O–H groups in total. The second kappa shape index (κ2) is 4.87. The van der Waals surface area contributed by atoms with Crippen molar-refractivity contribution in [2.45, 2.75) is 26.4 Å². The molecule has 3 heteroatoms. The Morgan fingerprint density at radius 1 is 1.13 bits per heavy atom. The number of quaternary nitrogens is 1. The topological polar surface area (TPSA) is 16.4 Å². The molecule has 2 heterocycles. The van der Waals surface area contributed by atoms with Gasteiger partial charge in [-0.2, -0.15) is 0 Å². The zero-order valence-electron chi connectivity index (χ0n) is 14.2. The van der Waals surface area contributed by atoms with E-state index in [4.69, 9.17) is 4.42 Å². The molecule has 1 aliphatic rings. The Kier molecular flexibility index (Phi) is 3.03. The van der Waals surface area contributed by atoms with Crippen LogP contribution in [0.4, 0.5) is 5.69 Å². The maximum Gasteiger partial charge on any atom is 0.196 e. The molecule has 3 nitrogen and oxygen atoms in total. The van der Waals surface area contributed by atoms with E-state index in [9.17, 15) is 0 Å². The summed E-state index contributed by atoms with van der Waals surface area (Å²) in [6.07, 6.45) is 5.79. The number of rotatable bonds is 2. The van der Waals surface area contributed by atoms with Crippen molar-refractivity contribution in [3.63, 3.8) is 0 Å². The third-order valence-electron chi connectivity index (χ3n) is 5.44. The number of aryl methyl sites for hydroxylation is 1. The van der Waals surface area contributed by atoms with Crippen molar-refractivity contribution in [3.8, 4) is 0 Å². The Hall–Kier alpha value is -2.26. The zero-order chi connectivity index (χ0) is 16.2. The van der Waals surface area contributed by atoms with E-state index in [-0.39, 0.29) is 0 Å². The van der Waals surface area contributed by atoms with Gasteiger partial charge in [-0.15, -0.1) is 0 Å². The SMILES string of the molecule is CCc1ccc2c(oc3ccccc32)c1[N+]1(C)C=CN(C)C1C. The minimum atomic E-state index is 0.346. The number of hydrogen-bond acceptors (Lipinski definition) is 2. The number of furan rings is 1. The summed E-state index contributed by atoms with van der Waals surface area (Å²) in [4.78, 5) is 2.26. The molecule has 118 valence electrons. The van der Waals surface area contributed by atoms with Gasteiger partial charge in [0, 0.05) is 30.3 Å². The van der Waals surface area contributed by atoms with E-state index in [0.29, 0.717) is 6.17 Å². The molecule has 3 aromatic rings. The molecule has 1 aromatic heterocycles. The van der Waals surface area contributed by atoms with Gasteiger partial charge in [0.1, 0.15) is 11.8 Å². The molecule has 0 saturated carbocycles. The molecule has 1 aliphatic heterocycles. The van der Waals surface area contributed by atoms with E-state index in [1.807, 2.05) is 6.07 Å². The maximum atomic E-state index is 6.32. The highest BCUT2D eigenvalue weighted by atomic mass is 16.3. The first-order valence-electron chi connectivity index (χ1n) is 8.27. The Morgan fingerprint density at radius 2 is 1.91 bits per heavy atom. The second-order valence-corrected chi connectivity index (χ2v) is 6.64. The van der Waals surface area contributed by atoms with E-state index in [2.05, 4.69) is 75.6 Å². The molecule has 0 saturated heterocycles. The number of fused-ring (bicyclic) bond motifs is 3. The Morgan fingerprint density at radius 3 is 2.61 bits per heavy atom. The third kappa shape index (κ3) is 1.86. The fourth-order valence-corrected chi connectivity index (χ4v) is 3.76. The van der Waals surface area contributed by atoms with E-state index in [1.165, 1.54) is 22.0 Å². The van der Waals surface area contributed by atoms with Gasteiger partial charge < -0.3 is 9.32 Å². The van der Waals surface area contributed by atoms with Crippen molar-refractivity contribution >= 4 is 27.6 Å². The summed E-state index contributed by atoms with van der Waals surface area (Å²) in [6, 6.07) is 12.8. The molecule has 4 rings (SSSR count). The molecule has 2 unspecified atom stereocenters. The molecule has 0 aliphatic carbocycles. The Balaban J connectivity index is 2.10. The van der Waals surface area contributed by atoms with Crippen LogP contribution in [0.15, 0.2) is 53.2 Å². The first kappa shape index (κ1) is 14.3. The predicted molar refractivity (Wildman–Crippen MR) is 97.2 cm³/mol. The molecule has 2 aromatic carbocycles. The van der Waals surface area contributed by atoms with Crippen LogP contribution in [-0.2, 0) is 6.42 Å². The Labute approximate surface area is 137 Å².